The van der Waals surface area contributed by atoms with Gasteiger partial charge < -0.3 is 0 Å². The van der Waals surface area contributed by atoms with E-state index in [1.54, 1.807) is 13.1 Å². The van der Waals surface area contributed by atoms with E-state index in [4.69, 9.17) is 0 Å². The lowest BCUT2D eigenvalue weighted by Gasteiger charge is -1.97. The van der Waals surface area contributed by atoms with Crippen LogP contribution < -0.4 is 0 Å². The van der Waals surface area contributed by atoms with Crippen LogP contribution >= 0.6 is 0 Å². The van der Waals surface area contributed by atoms with Crippen LogP contribution in [0.15, 0.2) is 24.7 Å². The highest BCUT2D eigenvalue weighted by molar-refractivity contribution is 5.77. The molecule has 0 spiro atoms. The molecule has 0 fully saturated rings. The molecule has 2 aromatic heterocycles. The first-order chi connectivity index (χ1) is 6.25. The molecule has 0 unspecified atom stereocenters. The molecule has 2 heterocycles. The molecule has 4 heteroatoms. The Morgan fingerprint density at radius 1 is 1.54 bits per heavy atom. The molecule has 0 N–H and O–H groups in total. The first-order valence-electron chi connectivity index (χ1n) is 4.04. The van der Waals surface area contributed by atoms with Gasteiger partial charge in [-0.3, -0.25) is 9.20 Å². The van der Waals surface area contributed by atoms with Gasteiger partial charge in [-0.25, -0.2) is 9.97 Å². The Hall–Kier alpha value is -1.71. The third-order valence-electron chi connectivity index (χ3n) is 1.75. The lowest BCUT2D eigenvalue weighted by atomic mass is 10.2. The highest BCUT2D eigenvalue weighted by atomic mass is 16.1. The molecule has 0 amide bonds. The summed E-state index contributed by atoms with van der Waals surface area (Å²) in [6.45, 7) is 1.55. The van der Waals surface area contributed by atoms with Crippen molar-refractivity contribution in [1.82, 2.24) is 14.4 Å². The zero-order valence-electron chi connectivity index (χ0n) is 7.27. The first kappa shape index (κ1) is 7.91. The van der Waals surface area contributed by atoms with E-state index in [0.717, 1.165) is 5.69 Å². The summed E-state index contributed by atoms with van der Waals surface area (Å²) >= 11 is 0. The number of fused-ring (bicyclic) bond motifs is 1. The maximum absolute atomic E-state index is 10.8. The normalized spacial score (nSPS) is 10.5. The molecular weight excluding hydrogens is 166 g/mol. The van der Waals surface area contributed by atoms with Crippen molar-refractivity contribution in [2.75, 3.05) is 0 Å². The average molecular weight is 175 g/mol. The quantitative estimate of drug-likeness (QED) is 0.680. The van der Waals surface area contributed by atoms with Crippen molar-refractivity contribution in [2.24, 2.45) is 0 Å². The van der Waals surface area contributed by atoms with Gasteiger partial charge in [0.05, 0.1) is 5.69 Å². The van der Waals surface area contributed by atoms with Crippen LogP contribution in [0, 0.1) is 0 Å². The molecular formula is C9H9N3O. The van der Waals surface area contributed by atoms with E-state index in [1.165, 1.54) is 0 Å². The van der Waals surface area contributed by atoms with Gasteiger partial charge in [-0.05, 0) is 13.0 Å². The van der Waals surface area contributed by atoms with Crippen LogP contribution in [-0.2, 0) is 11.2 Å². The molecule has 2 aromatic rings. The molecule has 0 aliphatic rings. The molecule has 0 saturated carbocycles. The smallest absolute Gasteiger partial charge is 0.233 e. The Morgan fingerprint density at radius 3 is 3.15 bits per heavy atom. The second-order valence-electron chi connectivity index (χ2n) is 2.93. The lowest BCUT2D eigenvalue weighted by Crippen LogP contribution is -2.00. The van der Waals surface area contributed by atoms with Gasteiger partial charge in [0.25, 0.3) is 0 Å². The van der Waals surface area contributed by atoms with Gasteiger partial charge in [0, 0.05) is 25.0 Å². The SMILES string of the molecule is CC(=O)Cc1ccn2ccnc2n1. The van der Waals surface area contributed by atoms with Crippen molar-refractivity contribution < 1.29 is 4.79 Å². The summed E-state index contributed by atoms with van der Waals surface area (Å²) < 4.78 is 1.81. The zero-order valence-corrected chi connectivity index (χ0v) is 7.27. The Kier molecular flexibility index (Phi) is 1.81. The maximum atomic E-state index is 10.8. The van der Waals surface area contributed by atoms with E-state index in [1.807, 2.05) is 22.9 Å². The minimum atomic E-state index is 0.114. The Bertz CT molecular complexity index is 447. The largest absolute Gasteiger partial charge is 0.300 e. The molecule has 0 saturated heterocycles. The van der Waals surface area contributed by atoms with Gasteiger partial charge >= 0.3 is 0 Å². The molecule has 13 heavy (non-hydrogen) atoms. The Morgan fingerprint density at radius 2 is 2.38 bits per heavy atom. The molecule has 0 radical (unpaired) electrons. The number of ketones is 1. The number of nitrogens with zero attached hydrogens (tertiary/aromatic N) is 3. The highest BCUT2D eigenvalue weighted by Gasteiger charge is 2.00. The standard InChI is InChI=1S/C9H9N3O/c1-7(13)6-8-2-4-12-5-3-10-9(12)11-8/h2-5H,6H2,1H3. The Balaban J connectivity index is 2.42. The molecule has 2 rings (SSSR count). The average Bonchev–Trinajstić information content (AvgIpc) is 2.49. The molecule has 0 aromatic carbocycles. The number of carbonyl (C=O) groups is 1. The van der Waals surface area contributed by atoms with Crippen LogP contribution in [-0.4, -0.2) is 20.2 Å². The predicted molar refractivity (Wildman–Crippen MR) is 47.4 cm³/mol. The zero-order chi connectivity index (χ0) is 9.26. The number of rotatable bonds is 2. The van der Waals surface area contributed by atoms with Crippen molar-refractivity contribution in [3.05, 3.63) is 30.4 Å². The number of carbonyl (C=O) groups excluding carboxylic acids is 1. The molecule has 0 aliphatic heterocycles. The van der Waals surface area contributed by atoms with Crippen LogP contribution in [0.2, 0.25) is 0 Å². The van der Waals surface area contributed by atoms with E-state index < -0.39 is 0 Å². The molecule has 0 bridgehead atoms. The van der Waals surface area contributed by atoms with E-state index in [2.05, 4.69) is 9.97 Å². The van der Waals surface area contributed by atoms with Crippen LogP contribution in [0.5, 0.6) is 0 Å². The fraction of sp³-hybridized carbons (Fsp3) is 0.222. The van der Waals surface area contributed by atoms with E-state index in [-0.39, 0.29) is 5.78 Å². The summed E-state index contributed by atoms with van der Waals surface area (Å²) in [6, 6.07) is 1.83. The Labute approximate surface area is 75.2 Å². The van der Waals surface area contributed by atoms with Crippen molar-refractivity contribution in [1.29, 1.82) is 0 Å². The molecule has 4 nitrogen and oxygen atoms in total. The highest BCUT2D eigenvalue weighted by Crippen LogP contribution is 2.00. The van der Waals surface area contributed by atoms with Gasteiger partial charge in [-0.1, -0.05) is 0 Å². The van der Waals surface area contributed by atoms with E-state index in [0.29, 0.717) is 12.2 Å². The fourth-order valence-electron chi connectivity index (χ4n) is 1.19. The minimum Gasteiger partial charge on any atom is -0.300 e. The maximum Gasteiger partial charge on any atom is 0.233 e. The van der Waals surface area contributed by atoms with E-state index >= 15 is 0 Å². The monoisotopic (exact) mass is 175 g/mol. The summed E-state index contributed by atoms with van der Waals surface area (Å²) in [6.07, 6.45) is 5.73. The summed E-state index contributed by atoms with van der Waals surface area (Å²) in [5.41, 5.74) is 0.770. The van der Waals surface area contributed by atoms with Crippen molar-refractivity contribution >= 4 is 11.6 Å². The number of hydrogen-bond acceptors (Lipinski definition) is 3. The number of Topliss-reactive ketones (excluding diaryl/α,β-unsaturated/α-hetero) is 1. The van der Waals surface area contributed by atoms with Crippen molar-refractivity contribution in [3.63, 3.8) is 0 Å². The minimum absolute atomic E-state index is 0.114. The van der Waals surface area contributed by atoms with Gasteiger partial charge in [0.2, 0.25) is 5.78 Å². The van der Waals surface area contributed by atoms with Crippen molar-refractivity contribution in [3.8, 4) is 0 Å². The summed E-state index contributed by atoms with van der Waals surface area (Å²) in [5, 5.41) is 0. The van der Waals surface area contributed by atoms with Gasteiger partial charge in [-0.15, -0.1) is 0 Å². The fourth-order valence-corrected chi connectivity index (χ4v) is 1.19. The second kappa shape index (κ2) is 2.97. The van der Waals surface area contributed by atoms with Crippen LogP contribution in [0.4, 0.5) is 0 Å². The number of imidazole rings is 1. The summed E-state index contributed by atoms with van der Waals surface area (Å²) in [5.74, 6) is 0.752. The first-order valence-corrected chi connectivity index (χ1v) is 4.04. The number of hydrogen-bond donors (Lipinski definition) is 0. The van der Waals surface area contributed by atoms with E-state index in [9.17, 15) is 4.79 Å². The van der Waals surface area contributed by atoms with Crippen LogP contribution in [0.1, 0.15) is 12.6 Å². The summed E-state index contributed by atoms with van der Waals surface area (Å²) in [4.78, 5) is 19.1. The molecule has 0 atom stereocenters. The van der Waals surface area contributed by atoms with Gasteiger partial charge in [0.15, 0.2) is 0 Å². The van der Waals surface area contributed by atoms with Gasteiger partial charge in [0.1, 0.15) is 5.78 Å². The topological polar surface area (TPSA) is 47.3 Å². The lowest BCUT2D eigenvalue weighted by molar-refractivity contribution is -0.116. The van der Waals surface area contributed by atoms with Gasteiger partial charge in [-0.2, -0.15) is 0 Å². The second-order valence-corrected chi connectivity index (χ2v) is 2.93. The molecule has 0 aliphatic carbocycles. The third kappa shape index (κ3) is 1.56. The van der Waals surface area contributed by atoms with Crippen molar-refractivity contribution in [2.45, 2.75) is 13.3 Å². The molecule has 66 valence electrons. The third-order valence-corrected chi connectivity index (χ3v) is 1.75. The van der Waals surface area contributed by atoms with Crippen LogP contribution in [0.25, 0.3) is 5.78 Å². The van der Waals surface area contributed by atoms with Crippen LogP contribution in [0.3, 0.4) is 0 Å². The number of aromatic nitrogens is 3. The summed E-state index contributed by atoms with van der Waals surface area (Å²) in [7, 11) is 0. The predicted octanol–water partition coefficient (Wildman–Crippen LogP) is 0.861.